The number of aryl methyl sites for hydroxylation is 1. The Hall–Kier alpha value is -3.03. The summed E-state index contributed by atoms with van der Waals surface area (Å²) in [6, 6.07) is 4.90. The summed E-state index contributed by atoms with van der Waals surface area (Å²) >= 11 is 0.536. The number of alkyl halides is 3. The van der Waals surface area contributed by atoms with E-state index >= 15 is 0 Å². The number of nitrogens with zero attached hydrogens (tertiary/aromatic N) is 2. The largest absolute Gasteiger partial charge is 0.420 e. The number of benzene rings is 1. The number of aromatic nitrogens is 2. The van der Waals surface area contributed by atoms with Crippen LogP contribution in [0.1, 0.15) is 31.9 Å². The molecule has 0 fully saturated rings. The van der Waals surface area contributed by atoms with Crippen molar-refractivity contribution in [1.29, 1.82) is 0 Å². The van der Waals surface area contributed by atoms with E-state index in [-0.39, 0.29) is 15.7 Å². The molecule has 0 bridgehead atoms. The number of hydrogen-bond acceptors (Lipinski definition) is 8. The number of halogens is 3. The van der Waals surface area contributed by atoms with Crippen molar-refractivity contribution in [2.75, 3.05) is 18.1 Å². The minimum absolute atomic E-state index is 0.102. The van der Waals surface area contributed by atoms with Gasteiger partial charge in [0.15, 0.2) is 9.84 Å². The van der Waals surface area contributed by atoms with E-state index in [0.29, 0.717) is 23.2 Å². The Morgan fingerprint density at radius 1 is 1.24 bits per heavy atom. The fourth-order valence-corrected chi connectivity index (χ4v) is 6.02. The number of nitrogens with one attached hydrogen (secondary N) is 2. The van der Waals surface area contributed by atoms with Crippen LogP contribution in [0.25, 0.3) is 10.6 Å². The third-order valence-corrected chi connectivity index (χ3v) is 7.73. The molecule has 13 heteroatoms. The number of carbonyl (C=O) groups excluding carboxylic acids is 1. The van der Waals surface area contributed by atoms with Gasteiger partial charge in [-0.05, 0) is 48.7 Å². The van der Waals surface area contributed by atoms with Crippen molar-refractivity contribution in [1.82, 2.24) is 15.3 Å². The van der Waals surface area contributed by atoms with Crippen LogP contribution in [-0.2, 0) is 29.0 Å². The van der Waals surface area contributed by atoms with Crippen molar-refractivity contribution in [3.05, 3.63) is 51.5 Å². The van der Waals surface area contributed by atoms with E-state index in [0.717, 1.165) is 48.5 Å². The summed E-state index contributed by atoms with van der Waals surface area (Å²) in [5.74, 6) is -1.16. The summed E-state index contributed by atoms with van der Waals surface area (Å²) in [6.07, 6.45) is -2.53. The SMILES string of the molecule is Cc1cc2c(cc1Nc1ncc(C(F)(F)F)c(-c3cc(S(C)(=O)=O)c(C(N)=O)s3)n1)CCNC2. The molecule has 4 N–H and O–H groups in total. The van der Waals surface area contributed by atoms with Crippen LogP contribution in [0.4, 0.5) is 24.8 Å². The molecule has 0 unspecified atom stereocenters. The highest BCUT2D eigenvalue weighted by atomic mass is 32.2. The van der Waals surface area contributed by atoms with Gasteiger partial charge >= 0.3 is 6.18 Å². The van der Waals surface area contributed by atoms with Gasteiger partial charge in [-0.3, -0.25) is 4.79 Å². The van der Waals surface area contributed by atoms with E-state index in [1.165, 1.54) is 0 Å². The standard InChI is InChI=1S/C21H20F3N5O3S2/c1-10-5-12-8-26-4-3-11(12)6-14(10)28-20-27-9-13(21(22,23)24)17(29-20)15-7-16(34(2,31)32)18(33-15)19(25)30/h5-7,9,26H,3-4,8H2,1-2H3,(H2,25,30)(H,27,28,29). The Balaban J connectivity index is 1.82. The van der Waals surface area contributed by atoms with Crippen LogP contribution in [-0.4, -0.2) is 37.1 Å². The van der Waals surface area contributed by atoms with Gasteiger partial charge in [0.1, 0.15) is 10.4 Å². The quantitative estimate of drug-likeness (QED) is 0.479. The summed E-state index contributed by atoms with van der Waals surface area (Å²) in [5.41, 5.74) is 7.32. The van der Waals surface area contributed by atoms with Gasteiger partial charge in [0.2, 0.25) is 5.95 Å². The number of nitrogens with two attached hydrogens (primary N) is 1. The maximum atomic E-state index is 13.7. The number of primary amides is 1. The van der Waals surface area contributed by atoms with Crippen molar-refractivity contribution < 1.29 is 26.4 Å². The first-order chi connectivity index (χ1) is 15.8. The predicted octanol–water partition coefficient (Wildman–Crippen LogP) is 3.42. The van der Waals surface area contributed by atoms with Gasteiger partial charge in [-0.2, -0.15) is 13.2 Å². The summed E-state index contributed by atoms with van der Waals surface area (Å²) in [6.45, 7) is 3.42. The van der Waals surface area contributed by atoms with Crippen molar-refractivity contribution in [2.45, 2.75) is 31.0 Å². The third kappa shape index (κ3) is 4.76. The first kappa shape index (κ1) is 24.1. The number of fused-ring (bicyclic) bond motifs is 1. The average Bonchev–Trinajstić information content (AvgIpc) is 3.20. The maximum Gasteiger partial charge on any atom is 0.420 e. The van der Waals surface area contributed by atoms with E-state index < -0.39 is 38.1 Å². The minimum Gasteiger partial charge on any atom is -0.365 e. The number of thiophene rings is 1. The van der Waals surface area contributed by atoms with Gasteiger partial charge in [0, 0.05) is 24.7 Å². The lowest BCUT2D eigenvalue weighted by Gasteiger charge is -2.20. The highest BCUT2D eigenvalue weighted by Crippen LogP contribution is 2.41. The number of carbonyl (C=O) groups is 1. The molecule has 180 valence electrons. The Kier molecular flexibility index (Phi) is 6.12. The van der Waals surface area contributed by atoms with Crippen LogP contribution in [0.2, 0.25) is 0 Å². The summed E-state index contributed by atoms with van der Waals surface area (Å²) in [7, 11) is -3.92. The fourth-order valence-electron chi connectivity index (χ4n) is 3.69. The van der Waals surface area contributed by atoms with Gasteiger partial charge in [-0.15, -0.1) is 11.3 Å². The van der Waals surface area contributed by atoms with Crippen molar-refractivity contribution in [3.63, 3.8) is 0 Å². The van der Waals surface area contributed by atoms with Gasteiger partial charge in [-0.25, -0.2) is 18.4 Å². The van der Waals surface area contributed by atoms with Crippen molar-refractivity contribution >= 4 is 38.7 Å². The smallest absolute Gasteiger partial charge is 0.365 e. The highest BCUT2D eigenvalue weighted by Gasteiger charge is 2.37. The second-order valence-corrected chi connectivity index (χ2v) is 10.9. The Labute approximate surface area is 197 Å². The molecule has 0 saturated heterocycles. The molecule has 2 aromatic heterocycles. The monoisotopic (exact) mass is 511 g/mol. The molecule has 3 heterocycles. The molecule has 0 atom stereocenters. The maximum absolute atomic E-state index is 13.7. The van der Waals surface area contributed by atoms with Crippen LogP contribution in [0.15, 0.2) is 29.3 Å². The van der Waals surface area contributed by atoms with Crippen LogP contribution in [0, 0.1) is 6.92 Å². The van der Waals surface area contributed by atoms with Crippen LogP contribution >= 0.6 is 11.3 Å². The normalized spacial score (nSPS) is 14.0. The first-order valence-electron chi connectivity index (χ1n) is 10.0. The van der Waals surface area contributed by atoms with Crippen LogP contribution in [0.5, 0.6) is 0 Å². The van der Waals surface area contributed by atoms with E-state index in [4.69, 9.17) is 5.73 Å². The summed E-state index contributed by atoms with van der Waals surface area (Å²) in [5, 5.41) is 6.25. The number of hydrogen-bond donors (Lipinski definition) is 3. The Morgan fingerprint density at radius 2 is 1.97 bits per heavy atom. The molecule has 3 aromatic rings. The summed E-state index contributed by atoms with van der Waals surface area (Å²) in [4.78, 5) is 18.7. The van der Waals surface area contributed by atoms with E-state index in [9.17, 15) is 26.4 Å². The van der Waals surface area contributed by atoms with Gasteiger partial charge in [0.25, 0.3) is 5.91 Å². The Morgan fingerprint density at radius 3 is 2.59 bits per heavy atom. The minimum atomic E-state index is -4.81. The molecule has 1 aromatic carbocycles. The van der Waals surface area contributed by atoms with Gasteiger partial charge in [-0.1, -0.05) is 6.07 Å². The average molecular weight is 512 g/mol. The second-order valence-electron chi connectivity index (χ2n) is 7.88. The second kappa shape index (κ2) is 8.64. The lowest BCUT2D eigenvalue weighted by atomic mass is 9.97. The number of sulfone groups is 1. The number of rotatable bonds is 5. The van der Waals surface area contributed by atoms with Gasteiger partial charge in [0.05, 0.1) is 15.5 Å². The first-order valence-corrected chi connectivity index (χ1v) is 12.7. The molecular weight excluding hydrogens is 491 g/mol. The topological polar surface area (TPSA) is 127 Å². The van der Waals surface area contributed by atoms with E-state index in [1.54, 1.807) is 0 Å². The highest BCUT2D eigenvalue weighted by molar-refractivity contribution is 7.91. The van der Waals surface area contributed by atoms with Crippen LogP contribution in [0.3, 0.4) is 0 Å². The lowest BCUT2D eigenvalue weighted by molar-refractivity contribution is -0.137. The zero-order valence-corrected chi connectivity index (χ0v) is 19.7. The van der Waals surface area contributed by atoms with Crippen molar-refractivity contribution in [2.24, 2.45) is 5.73 Å². The molecule has 0 spiro atoms. The van der Waals surface area contributed by atoms with E-state index in [1.807, 2.05) is 19.1 Å². The molecule has 1 amide bonds. The van der Waals surface area contributed by atoms with E-state index in [2.05, 4.69) is 20.6 Å². The molecule has 0 radical (unpaired) electrons. The zero-order chi connectivity index (χ0) is 24.8. The molecule has 8 nitrogen and oxygen atoms in total. The van der Waals surface area contributed by atoms with Gasteiger partial charge < -0.3 is 16.4 Å². The third-order valence-electron chi connectivity index (χ3n) is 5.33. The molecule has 4 rings (SSSR count). The Bertz CT molecular complexity index is 1400. The molecular formula is C21H20F3N5O3S2. The molecule has 1 aliphatic heterocycles. The lowest BCUT2D eigenvalue weighted by Crippen LogP contribution is -2.23. The number of amides is 1. The molecule has 1 aliphatic rings. The van der Waals surface area contributed by atoms with Crippen LogP contribution < -0.4 is 16.4 Å². The molecule has 0 saturated carbocycles. The van der Waals surface area contributed by atoms with Crippen molar-refractivity contribution in [3.8, 4) is 10.6 Å². The molecule has 0 aliphatic carbocycles. The predicted molar refractivity (Wildman–Crippen MR) is 122 cm³/mol. The zero-order valence-electron chi connectivity index (χ0n) is 18.1. The molecule has 34 heavy (non-hydrogen) atoms. The fraction of sp³-hybridized carbons (Fsp3) is 0.286. The number of anilines is 2. The summed E-state index contributed by atoms with van der Waals surface area (Å²) < 4.78 is 65.4.